The fourth-order valence-corrected chi connectivity index (χ4v) is 4.10. The van der Waals surface area contributed by atoms with Crippen LogP contribution in [0.3, 0.4) is 0 Å². The molecule has 1 atom stereocenters. The molecule has 0 aliphatic carbocycles. The summed E-state index contributed by atoms with van der Waals surface area (Å²) in [4.78, 5) is 2.50. The second-order valence-electron chi connectivity index (χ2n) is 7.66. The highest BCUT2D eigenvalue weighted by atomic mass is 19.1. The molecule has 1 fully saturated rings. The minimum atomic E-state index is -0.292. The van der Waals surface area contributed by atoms with Crippen LogP contribution in [0.1, 0.15) is 37.8 Å². The van der Waals surface area contributed by atoms with E-state index in [1.54, 1.807) is 13.2 Å². The number of para-hydroxylation sites is 2. The average molecular weight is 398 g/mol. The van der Waals surface area contributed by atoms with E-state index in [0.29, 0.717) is 24.1 Å². The first-order valence-corrected chi connectivity index (χ1v) is 10.2. The van der Waals surface area contributed by atoms with Gasteiger partial charge in [-0.3, -0.25) is 0 Å². The quantitative estimate of drug-likeness (QED) is 0.560. The molecule has 29 heavy (non-hydrogen) atoms. The van der Waals surface area contributed by atoms with Crippen molar-refractivity contribution >= 4 is 11.0 Å². The standard InChI is InChI=1S/C23H27FN2O3/c1-16(11-14-28-21-6-4-3-5-20(21)27-2)26-12-9-17(10-13-26)23-19-8-7-18(24)15-22(19)29-25-23/h3-8,15-17H,9-14H2,1-2H3. The molecular weight excluding hydrogens is 371 g/mol. The van der Waals surface area contributed by atoms with Crippen molar-refractivity contribution in [2.75, 3.05) is 26.8 Å². The molecule has 0 saturated carbocycles. The van der Waals surface area contributed by atoms with Crippen LogP contribution < -0.4 is 9.47 Å². The molecule has 0 radical (unpaired) electrons. The summed E-state index contributed by atoms with van der Waals surface area (Å²) in [5.41, 5.74) is 1.50. The van der Waals surface area contributed by atoms with Gasteiger partial charge in [-0.1, -0.05) is 17.3 Å². The highest BCUT2D eigenvalue weighted by Crippen LogP contribution is 2.33. The Morgan fingerprint density at radius 3 is 2.69 bits per heavy atom. The topological polar surface area (TPSA) is 47.7 Å². The minimum Gasteiger partial charge on any atom is -0.493 e. The van der Waals surface area contributed by atoms with Gasteiger partial charge in [-0.05, 0) is 63.5 Å². The van der Waals surface area contributed by atoms with E-state index in [1.165, 1.54) is 12.1 Å². The third kappa shape index (κ3) is 4.37. The van der Waals surface area contributed by atoms with Crippen molar-refractivity contribution in [2.24, 2.45) is 0 Å². The molecule has 5 nitrogen and oxygen atoms in total. The largest absolute Gasteiger partial charge is 0.493 e. The lowest BCUT2D eigenvalue weighted by Crippen LogP contribution is -2.40. The number of methoxy groups -OCH3 is 1. The Kier molecular flexibility index (Phi) is 6.00. The molecule has 1 unspecified atom stereocenters. The highest BCUT2D eigenvalue weighted by molar-refractivity contribution is 5.79. The molecule has 6 heteroatoms. The van der Waals surface area contributed by atoms with Crippen LogP contribution in [0.25, 0.3) is 11.0 Å². The van der Waals surface area contributed by atoms with Crippen molar-refractivity contribution in [3.05, 3.63) is 54.0 Å². The first-order valence-electron chi connectivity index (χ1n) is 10.2. The Morgan fingerprint density at radius 2 is 1.93 bits per heavy atom. The fourth-order valence-electron chi connectivity index (χ4n) is 4.10. The van der Waals surface area contributed by atoms with Crippen LogP contribution in [0.2, 0.25) is 0 Å². The molecule has 3 aromatic rings. The summed E-state index contributed by atoms with van der Waals surface area (Å²) in [6.07, 6.45) is 3.00. The number of rotatable bonds is 7. The second-order valence-corrected chi connectivity index (χ2v) is 7.66. The fraction of sp³-hybridized carbons (Fsp3) is 0.435. The minimum absolute atomic E-state index is 0.292. The van der Waals surface area contributed by atoms with Crippen molar-refractivity contribution < 1.29 is 18.4 Å². The lowest BCUT2D eigenvalue weighted by molar-refractivity contribution is 0.137. The number of hydrogen-bond acceptors (Lipinski definition) is 5. The van der Waals surface area contributed by atoms with E-state index in [4.69, 9.17) is 14.0 Å². The van der Waals surface area contributed by atoms with Crippen molar-refractivity contribution in [3.63, 3.8) is 0 Å². The normalized spacial score (nSPS) is 16.8. The number of benzene rings is 2. The van der Waals surface area contributed by atoms with Crippen LogP contribution in [0, 0.1) is 5.82 Å². The predicted molar refractivity (Wildman–Crippen MR) is 110 cm³/mol. The van der Waals surface area contributed by atoms with E-state index < -0.39 is 0 Å². The molecule has 154 valence electrons. The van der Waals surface area contributed by atoms with E-state index in [9.17, 15) is 4.39 Å². The van der Waals surface area contributed by atoms with Crippen LogP contribution >= 0.6 is 0 Å². The maximum atomic E-state index is 13.4. The van der Waals surface area contributed by atoms with E-state index >= 15 is 0 Å². The van der Waals surface area contributed by atoms with Crippen molar-refractivity contribution in [1.29, 1.82) is 0 Å². The number of fused-ring (bicyclic) bond motifs is 1. The Hall–Kier alpha value is -2.60. The smallest absolute Gasteiger partial charge is 0.170 e. The van der Waals surface area contributed by atoms with E-state index in [2.05, 4.69) is 17.0 Å². The van der Waals surface area contributed by atoms with Gasteiger partial charge in [0.1, 0.15) is 5.82 Å². The monoisotopic (exact) mass is 398 g/mol. The zero-order valence-electron chi connectivity index (χ0n) is 16.9. The molecule has 1 aromatic heterocycles. The number of likely N-dealkylation sites (tertiary alicyclic amines) is 1. The molecule has 1 aliphatic rings. The van der Waals surface area contributed by atoms with Crippen LogP contribution in [0.15, 0.2) is 47.0 Å². The van der Waals surface area contributed by atoms with Gasteiger partial charge in [0, 0.05) is 23.4 Å². The molecule has 1 aliphatic heterocycles. The van der Waals surface area contributed by atoms with E-state index in [1.807, 2.05) is 24.3 Å². The summed E-state index contributed by atoms with van der Waals surface area (Å²) in [7, 11) is 1.66. The number of ether oxygens (including phenoxy) is 2. The molecule has 0 N–H and O–H groups in total. The summed E-state index contributed by atoms with van der Waals surface area (Å²) >= 11 is 0. The van der Waals surface area contributed by atoms with Gasteiger partial charge in [0.05, 0.1) is 19.4 Å². The number of aromatic nitrogens is 1. The Morgan fingerprint density at radius 1 is 1.17 bits per heavy atom. The van der Waals surface area contributed by atoms with Crippen LogP contribution in [-0.2, 0) is 0 Å². The van der Waals surface area contributed by atoms with Gasteiger partial charge < -0.3 is 18.9 Å². The van der Waals surface area contributed by atoms with Crippen molar-refractivity contribution in [3.8, 4) is 11.5 Å². The molecule has 4 rings (SSSR count). The predicted octanol–water partition coefficient (Wildman–Crippen LogP) is 5.01. The lowest BCUT2D eigenvalue weighted by atomic mass is 9.91. The molecular formula is C23H27FN2O3. The lowest BCUT2D eigenvalue weighted by Gasteiger charge is -2.35. The summed E-state index contributed by atoms with van der Waals surface area (Å²) < 4.78 is 30.0. The average Bonchev–Trinajstić information content (AvgIpc) is 3.17. The Bertz CT molecular complexity index is 950. The third-order valence-electron chi connectivity index (χ3n) is 5.86. The van der Waals surface area contributed by atoms with Gasteiger partial charge in [-0.25, -0.2) is 4.39 Å². The van der Waals surface area contributed by atoms with Gasteiger partial charge in [-0.15, -0.1) is 0 Å². The zero-order valence-corrected chi connectivity index (χ0v) is 16.9. The summed E-state index contributed by atoms with van der Waals surface area (Å²) in [6.45, 7) is 4.92. The SMILES string of the molecule is COc1ccccc1OCCC(C)N1CCC(c2noc3cc(F)ccc23)CC1. The summed E-state index contributed by atoms with van der Waals surface area (Å²) in [5, 5.41) is 5.17. The first kappa shape index (κ1) is 19.7. The molecule has 2 aromatic carbocycles. The van der Waals surface area contributed by atoms with Crippen LogP contribution in [0.4, 0.5) is 4.39 Å². The Labute approximate surface area is 170 Å². The molecule has 1 saturated heterocycles. The van der Waals surface area contributed by atoms with Gasteiger partial charge >= 0.3 is 0 Å². The van der Waals surface area contributed by atoms with Crippen LogP contribution in [-0.4, -0.2) is 42.9 Å². The van der Waals surface area contributed by atoms with Gasteiger partial charge in [0.15, 0.2) is 17.1 Å². The molecule has 2 heterocycles. The highest BCUT2D eigenvalue weighted by Gasteiger charge is 2.27. The number of nitrogens with zero attached hydrogens (tertiary/aromatic N) is 2. The number of hydrogen-bond donors (Lipinski definition) is 0. The van der Waals surface area contributed by atoms with Gasteiger partial charge in [0.2, 0.25) is 0 Å². The van der Waals surface area contributed by atoms with Crippen molar-refractivity contribution in [2.45, 2.75) is 38.1 Å². The van der Waals surface area contributed by atoms with E-state index in [0.717, 1.165) is 54.9 Å². The third-order valence-corrected chi connectivity index (χ3v) is 5.86. The molecule has 0 spiro atoms. The summed E-state index contributed by atoms with van der Waals surface area (Å²) in [6, 6.07) is 12.8. The number of halogens is 1. The summed E-state index contributed by atoms with van der Waals surface area (Å²) in [5.74, 6) is 1.62. The maximum Gasteiger partial charge on any atom is 0.170 e. The Balaban J connectivity index is 1.28. The van der Waals surface area contributed by atoms with Crippen LogP contribution in [0.5, 0.6) is 11.5 Å². The van der Waals surface area contributed by atoms with E-state index in [-0.39, 0.29) is 5.82 Å². The van der Waals surface area contributed by atoms with Crippen molar-refractivity contribution in [1.82, 2.24) is 10.1 Å². The maximum absolute atomic E-state index is 13.4. The molecule has 0 amide bonds. The van der Waals surface area contributed by atoms with Gasteiger partial charge in [-0.2, -0.15) is 0 Å². The second kappa shape index (κ2) is 8.82. The van der Waals surface area contributed by atoms with Gasteiger partial charge in [0.25, 0.3) is 0 Å². The molecule has 0 bridgehead atoms. The first-order chi connectivity index (χ1) is 14.2. The number of piperidine rings is 1. The zero-order chi connectivity index (χ0) is 20.2.